The van der Waals surface area contributed by atoms with Crippen LogP contribution in [0.25, 0.3) is 0 Å². The molecule has 0 bridgehead atoms. The lowest BCUT2D eigenvalue weighted by molar-refractivity contribution is -0.144. The summed E-state index contributed by atoms with van der Waals surface area (Å²) >= 11 is 0. The molecule has 2 amide bonds. The second-order valence-corrected chi connectivity index (χ2v) is 7.47. The standard InChI is InChI=1S/C19H29N3O2.ClH/c1-5-13(2)18(24)22-11-15-9-7-6-8-14(15)10-16(22)17(23)21-12-19(3,4)20;/h6-9,13,16H,5,10-12,20H2,1-4H3,(H,21,23);1H. The number of nitrogens with two attached hydrogens (primary N) is 1. The second-order valence-electron chi connectivity index (χ2n) is 7.47. The van der Waals surface area contributed by atoms with Crippen molar-refractivity contribution >= 4 is 24.2 Å². The van der Waals surface area contributed by atoms with Crippen LogP contribution in [0.4, 0.5) is 0 Å². The first-order valence-electron chi connectivity index (χ1n) is 8.66. The zero-order valence-electron chi connectivity index (χ0n) is 15.5. The number of halogens is 1. The molecule has 1 heterocycles. The van der Waals surface area contributed by atoms with E-state index in [4.69, 9.17) is 5.73 Å². The lowest BCUT2D eigenvalue weighted by atomic mass is 9.91. The zero-order valence-corrected chi connectivity index (χ0v) is 16.4. The fourth-order valence-corrected chi connectivity index (χ4v) is 2.88. The van der Waals surface area contributed by atoms with E-state index < -0.39 is 11.6 Å². The van der Waals surface area contributed by atoms with Gasteiger partial charge in [0.05, 0.1) is 0 Å². The monoisotopic (exact) mass is 367 g/mol. The van der Waals surface area contributed by atoms with E-state index in [2.05, 4.69) is 5.32 Å². The molecule has 1 aromatic rings. The Kier molecular flexibility index (Phi) is 7.44. The number of amides is 2. The van der Waals surface area contributed by atoms with Crippen LogP contribution in [0, 0.1) is 5.92 Å². The minimum Gasteiger partial charge on any atom is -0.352 e. The maximum atomic E-state index is 12.8. The van der Waals surface area contributed by atoms with Crippen LogP contribution in [-0.2, 0) is 22.6 Å². The normalized spacial score (nSPS) is 18.0. The lowest BCUT2D eigenvalue weighted by Crippen LogP contribution is -2.56. The highest BCUT2D eigenvalue weighted by Crippen LogP contribution is 2.25. The van der Waals surface area contributed by atoms with Gasteiger partial charge < -0.3 is 16.0 Å². The fraction of sp³-hybridized carbons (Fsp3) is 0.579. The molecule has 0 radical (unpaired) electrons. The number of nitrogens with zero attached hydrogens (tertiary/aromatic N) is 1. The molecule has 1 aliphatic heterocycles. The second kappa shape index (κ2) is 8.68. The first kappa shape index (κ1) is 21.5. The first-order chi connectivity index (χ1) is 11.2. The number of hydrogen-bond acceptors (Lipinski definition) is 3. The lowest BCUT2D eigenvalue weighted by Gasteiger charge is -2.37. The number of nitrogens with one attached hydrogen (secondary N) is 1. The number of carbonyl (C=O) groups is 2. The molecule has 25 heavy (non-hydrogen) atoms. The smallest absolute Gasteiger partial charge is 0.243 e. The SMILES string of the molecule is CCC(C)C(=O)N1Cc2ccccc2CC1C(=O)NCC(C)(C)N.Cl. The Bertz CT molecular complexity index is 613. The molecule has 2 unspecified atom stereocenters. The zero-order chi connectivity index (χ0) is 17.9. The van der Waals surface area contributed by atoms with E-state index in [-0.39, 0.29) is 30.1 Å². The first-order valence-corrected chi connectivity index (χ1v) is 8.66. The minimum atomic E-state index is -0.478. The van der Waals surface area contributed by atoms with E-state index in [1.54, 1.807) is 4.90 Å². The van der Waals surface area contributed by atoms with Crippen LogP contribution in [0.3, 0.4) is 0 Å². The Hall–Kier alpha value is -1.59. The van der Waals surface area contributed by atoms with Gasteiger partial charge in [0.2, 0.25) is 11.8 Å². The molecule has 6 heteroatoms. The summed E-state index contributed by atoms with van der Waals surface area (Å²) in [5.74, 6) is -0.171. The van der Waals surface area contributed by atoms with Crippen molar-refractivity contribution in [1.82, 2.24) is 10.2 Å². The summed E-state index contributed by atoms with van der Waals surface area (Å²) in [5, 5.41) is 2.91. The molecular formula is C19H30ClN3O2. The average Bonchev–Trinajstić information content (AvgIpc) is 2.56. The van der Waals surface area contributed by atoms with Crippen LogP contribution in [-0.4, -0.2) is 34.8 Å². The van der Waals surface area contributed by atoms with Gasteiger partial charge in [-0.05, 0) is 31.4 Å². The van der Waals surface area contributed by atoms with E-state index in [0.29, 0.717) is 19.5 Å². The summed E-state index contributed by atoms with van der Waals surface area (Å²) < 4.78 is 0. The molecule has 140 valence electrons. The highest BCUT2D eigenvalue weighted by Gasteiger charge is 2.36. The Labute approximate surface area is 156 Å². The van der Waals surface area contributed by atoms with Crippen LogP contribution in [0.5, 0.6) is 0 Å². The van der Waals surface area contributed by atoms with E-state index in [9.17, 15) is 9.59 Å². The predicted molar refractivity (Wildman–Crippen MR) is 102 cm³/mol. The third-order valence-electron chi connectivity index (χ3n) is 4.59. The van der Waals surface area contributed by atoms with Gasteiger partial charge in [-0.2, -0.15) is 0 Å². The van der Waals surface area contributed by atoms with Gasteiger partial charge >= 0.3 is 0 Å². The maximum Gasteiger partial charge on any atom is 0.243 e. The van der Waals surface area contributed by atoms with Crippen molar-refractivity contribution in [3.05, 3.63) is 35.4 Å². The van der Waals surface area contributed by atoms with Crippen molar-refractivity contribution in [3.8, 4) is 0 Å². The Morgan fingerprint density at radius 2 is 1.92 bits per heavy atom. The van der Waals surface area contributed by atoms with Crippen molar-refractivity contribution < 1.29 is 9.59 Å². The van der Waals surface area contributed by atoms with E-state index in [0.717, 1.165) is 17.5 Å². The van der Waals surface area contributed by atoms with Crippen molar-refractivity contribution in [1.29, 1.82) is 0 Å². The highest BCUT2D eigenvalue weighted by atomic mass is 35.5. The molecular weight excluding hydrogens is 338 g/mol. The molecule has 0 aliphatic carbocycles. The average molecular weight is 368 g/mol. The predicted octanol–water partition coefficient (Wildman–Crippen LogP) is 2.26. The van der Waals surface area contributed by atoms with Crippen molar-refractivity contribution in [2.24, 2.45) is 11.7 Å². The van der Waals surface area contributed by atoms with Gasteiger partial charge in [-0.15, -0.1) is 12.4 Å². The van der Waals surface area contributed by atoms with Crippen LogP contribution < -0.4 is 11.1 Å². The van der Waals surface area contributed by atoms with Crippen molar-refractivity contribution in [2.75, 3.05) is 6.54 Å². The Morgan fingerprint density at radius 1 is 1.32 bits per heavy atom. The summed E-state index contributed by atoms with van der Waals surface area (Å²) in [6.07, 6.45) is 1.32. The van der Waals surface area contributed by atoms with E-state index in [1.165, 1.54) is 0 Å². The Morgan fingerprint density at radius 3 is 2.48 bits per heavy atom. The van der Waals surface area contributed by atoms with E-state index >= 15 is 0 Å². The summed E-state index contributed by atoms with van der Waals surface area (Å²) in [7, 11) is 0. The molecule has 1 aromatic carbocycles. The maximum absolute atomic E-state index is 12.8. The van der Waals surface area contributed by atoms with Crippen LogP contribution in [0.2, 0.25) is 0 Å². The summed E-state index contributed by atoms with van der Waals surface area (Å²) in [6.45, 7) is 8.52. The third-order valence-corrected chi connectivity index (χ3v) is 4.59. The van der Waals surface area contributed by atoms with Gasteiger partial charge in [0.1, 0.15) is 6.04 Å². The molecule has 0 fully saturated rings. The van der Waals surface area contributed by atoms with E-state index in [1.807, 2.05) is 52.0 Å². The number of benzene rings is 1. The van der Waals surface area contributed by atoms with Gasteiger partial charge in [-0.1, -0.05) is 38.1 Å². The molecule has 2 atom stereocenters. The van der Waals surface area contributed by atoms with Gasteiger partial charge in [0.25, 0.3) is 0 Å². The topological polar surface area (TPSA) is 75.4 Å². The minimum absolute atomic E-state index is 0. The largest absolute Gasteiger partial charge is 0.352 e. The Balaban J connectivity index is 0.00000312. The number of carbonyl (C=O) groups excluding carboxylic acids is 2. The number of fused-ring (bicyclic) bond motifs is 1. The van der Waals surface area contributed by atoms with Gasteiger partial charge in [-0.3, -0.25) is 9.59 Å². The van der Waals surface area contributed by atoms with Crippen molar-refractivity contribution in [3.63, 3.8) is 0 Å². The number of hydrogen-bond donors (Lipinski definition) is 2. The summed E-state index contributed by atoms with van der Waals surface area (Å²) in [4.78, 5) is 27.2. The van der Waals surface area contributed by atoms with Crippen LogP contribution in [0.1, 0.15) is 45.2 Å². The molecule has 0 spiro atoms. The molecule has 1 aliphatic rings. The molecule has 3 N–H and O–H groups in total. The van der Waals surface area contributed by atoms with Gasteiger partial charge in [-0.25, -0.2) is 0 Å². The molecule has 0 saturated carbocycles. The fourth-order valence-electron chi connectivity index (χ4n) is 2.88. The van der Waals surface area contributed by atoms with Crippen molar-refractivity contribution in [2.45, 2.75) is 58.7 Å². The molecule has 5 nitrogen and oxygen atoms in total. The molecule has 2 rings (SSSR count). The number of rotatable bonds is 5. The molecule has 0 saturated heterocycles. The molecule has 0 aromatic heterocycles. The van der Waals surface area contributed by atoms with Crippen LogP contribution >= 0.6 is 12.4 Å². The third kappa shape index (κ3) is 5.44. The van der Waals surface area contributed by atoms with Gasteiger partial charge in [0.15, 0.2) is 0 Å². The van der Waals surface area contributed by atoms with Crippen LogP contribution in [0.15, 0.2) is 24.3 Å². The summed E-state index contributed by atoms with van der Waals surface area (Å²) in [6, 6.07) is 7.55. The van der Waals surface area contributed by atoms with Gasteiger partial charge in [0, 0.05) is 31.0 Å². The highest BCUT2D eigenvalue weighted by molar-refractivity contribution is 5.89. The quantitative estimate of drug-likeness (QED) is 0.838. The summed E-state index contributed by atoms with van der Waals surface area (Å²) in [5.41, 5.74) is 7.74.